The first-order chi connectivity index (χ1) is 17.8. The minimum atomic E-state index is 0.273. The van der Waals surface area contributed by atoms with Gasteiger partial charge >= 0.3 is 0 Å². The van der Waals surface area contributed by atoms with Crippen LogP contribution in [0.2, 0.25) is 0 Å². The number of rotatable bonds is 9. The molecule has 2 aliphatic heterocycles. The Morgan fingerprint density at radius 2 is 1.08 bits per heavy atom. The van der Waals surface area contributed by atoms with Gasteiger partial charge in [-0.2, -0.15) is 0 Å². The fraction of sp³-hybridized carbons (Fsp3) is 0.438. The van der Waals surface area contributed by atoms with Gasteiger partial charge in [-0.3, -0.25) is 0 Å². The van der Waals surface area contributed by atoms with Gasteiger partial charge in [0.25, 0.3) is 0 Å². The van der Waals surface area contributed by atoms with Crippen molar-refractivity contribution in [3.63, 3.8) is 0 Å². The van der Waals surface area contributed by atoms with Gasteiger partial charge < -0.3 is 18.9 Å². The Morgan fingerprint density at radius 3 is 1.69 bits per heavy atom. The maximum atomic E-state index is 6.26. The summed E-state index contributed by atoms with van der Waals surface area (Å²) in [7, 11) is 0. The molecule has 2 heterocycles. The molecule has 36 heavy (non-hydrogen) atoms. The van der Waals surface area contributed by atoms with E-state index in [1.165, 1.54) is 72.8 Å². The SMILES string of the molecule is c1cc(-c2ccc(-c3ccc(OCC4CO4)c(C4CCCCCCC4)c3)cc2)ccc1OCC1CO1. The molecule has 6 rings (SSSR count). The normalized spacial score (nSPS) is 21.9. The maximum absolute atomic E-state index is 6.26. The first-order valence-corrected chi connectivity index (χ1v) is 13.7. The maximum Gasteiger partial charge on any atom is 0.122 e. The van der Waals surface area contributed by atoms with E-state index in [-0.39, 0.29) is 12.2 Å². The average molecular weight is 485 g/mol. The van der Waals surface area contributed by atoms with Gasteiger partial charge in [-0.1, -0.05) is 74.6 Å². The van der Waals surface area contributed by atoms with Crippen LogP contribution in [0.25, 0.3) is 22.3 Å². The lowest BCUT2D eigenvalue weighted by Gasteiger charge is -2.23. The Morgan fingerprint density at radius 1 is 0.583 bits per heavy atom. The molecule has 0 radical (unpaired) electrons. The van der Waals surface area contributed by atoms with Gasteiger partial charge in [0, 0.05) is 0 Å². The van der Waals surface area contributed by atoms with Gasteiger partial charge in [0.2, 0.25) is 0 Å². The summed E-state index contributed by atoms with van der Waals surface area (Å²) in [6.07, 6.45) is 9.77. The molecule has 0 N–H and O–H groups in total. The quantitative estimate of drug-likeness (QED) is 0.297. The Labute approximate surface area is 214 Å². The van der Waals surface area contributed by atoms with E-state index in [0.29, 0.717) is 19.1 Å². The number of benzene rings is 3. The van der Waals surface area contributed by atoms with Crippen LogP contribution in [0.4, 0.5) is 0 Å². The molecule has 1 saturated carbocycles. The lowest BCUT2D eigenvalue weighted by molar-refractivity contribution is 0.259. The highest BCUT2D eigenvalue weighted by Gasteiger charge is 2.25. The minimum Gasteiger partial charge on any atom is -0.491 e. The summed E-state index contributed by atoms with van der Waals surface area (Å²) in [5.41, 5.74) is 6.29. The molecule has 2 saturated heterocycles. The Kier molecular flexibility index (Phi) is 7.24. The zero-order valence-electron chi connectivity index (χ0n) is 21.0. The van der Waals surface area contributed by atoms with E-state index in [0.717, 1.165) is 24.7 Å². The van der Waals surface area contributed by atoms with Crippen LogP contribution in [0.3, 0.4) is 0 Å². The highest BCUT2D eigenvalue weighted by Crippen LogP contribution is 2.39. The third-order valence-corrected chi connectivity index (χ3v) is 7.63. The number of hydrogen-bond acceptors (Lipinski definition) is 4. The van der Waals surface area contributed by atoms with Crippen molar-refractivity contribution in [3.8, 4) is 33.8 Å². The monoisotopic (exact) mass is 484 g/mol. The van der Waals surface area contributed by atoms with Gasteiger partial charge in [-0.05, 0) is 70.8 Å². The van der Waals surface area contributed by atoms with E-state index in [4.69, 9.17) is 18.9 Å². The first-order valence-electron chi connectivity index (χ1n) is 13.7. The largest absolute Gasteiger partial charge is 0.491 e. The Hall–Kier alpha value is -2.82. The van der Waals surface area contributed by atoms with E-state index in [1.54, 1.807) is 0 Å². The van der Waals surface area contributed by atoms with Gasteiger partial charge in [0.05, 0.1) is 13.2 Å². The van der Waals surface area contributed by atoms with E-state index in [1.807, 2.05) is 12.1 Å². The van der Waals surface area contributed by atoms with Crippen molar-refractivity contribution in [2.24, 2.45) is 0 Å². The molecule has 2 unspecified atom stereocenters. The summed E-state index contributed by atoms with van der Waals surface area (Å²) >= 11 is 0. The zero-order chi connectivity index (χ0) is 24.2. The number of epoxide rings is 2. The van der Waals surface area contributed by atoms with Crippen molar-refractivity contribution in [1.29, 1.82) is 0 Å². The molecule has 0 amide bonds. The molecular formula is C32H36O4. The van der Waals surface area contributed by atoms with Crippen LogP contribution >= 0.6 is 0 Å². The molecule has 1 aliphatic carbocycles. The Balaban J connectivity index is 1.20. The van der Waals surface area contributed by atoms with Gasteiger partial charge in [0.1, 0.15) is 36.9 Å². The van der Waals surface area contributed by atoms with E-state index in [2.05, 4.69) is 54.6 Å². The topological polar surface area (TPSA) is 43.5 Å². The molecule has 4 nitrogen and oxygen atoms in total. The second-order valence-corrected chi connectivity index (χ2v) is 10.4. The van der Waals surface area contributed by atoms with Crippen molar-refractivity contribution in [3.05, 3.63) is 72.3 Å². The van der Waals surface area contributed by atoms with Gasteiger partial charge in [-0.25, -0.2) is 0 Å². The Bertz CT molecular complexity index is 1120. The molecule has 188 valence electrons. The molecule has 3 fully saturated rings. The van der Waals surface area contributed by atoms with Crippen molar-refractivity contribution in [1.82, 2.24) is 0 Å². The third kappa shape index (κ3) is 6.11. The molecule has 0 aromatic heterocycles. The predicted octanol–water partition coefficient (Wildman–Crippen LogP) is 7.40. The van der Waals surface area contributed by atoms with Crippen molar-refractivity contribution < 1.29 is 18.9 Å². The van der Waals surface area contributed by atoms with E-state index >= 15 is 0 Å². The second-order valence-electron chi connectivity index (χ2n) is 10.4. The van der Waals surface area contributed by atoms with Crippen LogP contribution in [0.1, 0.15) is 56.4 Å². The minimum absolute atomic E-state index is 0.273. The van der Waals surface area contributed by atoms with Crippen molar-refractivity contribution in [2.45, 2.75) is 63.1 Å². The fourth-order valence-electron chi connectivity index (χ4n) is 5.24. The van der Waals surface area contributed by atoms with Crippen LogP contribution in [-0.2, 0) is 9.47 Å². The second kappa shape index (κ2) is 11.1. The first kappa shape index (κ1) is 23.6. The molecule has 2 atom stereocenters. The molecule has 3 aliphatic rings. The van der Waals surface area contributed by atoms with Crippen LogP contribution < -0.4 is 9.47 Å². The molecule has 4 heteroatoms. The third-order valence-electron chi connectivity index (χ3n) is 7.63. The summed E-state index contributed by atoms with van der Waals surface area (Å²) in [6.45, 7) is 2.94. The molecule has 0 bridgehead atoms. The van der Waals surface area contributed by atoms with Crippen LogP contribution in [-0.4, -0.2) is 38.6 Å². The smallest absolute Gasteiger partial charge is 0.122 e. The predicted molar refractivity (Wildman–Crippen MR) is 143 cm³/mol. The molecule has 3 aromatic rings. The van der Waals surface area contributed by atoms with Gasteiger partial charge in [-0.15, -0.1) is 0 Å². The summed E-state index contributed by atoms with van der Waals surface area (Å²) in [5.74, 6) is 2.52. The van der Waals surface area contributed by atoms with Crippen molar-refractivity contribution in [2.75, 3.05) is 26.4 Å². The van der Waals surface area contributed by atoms with Crippen LogP contribution in [0, 0.1) is 0 Å². The molecule has 3 aromatic carbocycles. The number of ether oxygens (including phenoxy) is 4. The van der Waals surface area contributed by atoms with Crippen LogP contribution in [0.15, 0.2) is 66.7 Å². The summed E-state index contributed by atoms with van der Waals surface area (Å²) in [5, 5.41) is 0. The van der Waals surface area contributed by atoms with E-state index < -0.39 is 0 Å². The van der Waals surface area contributed by atoms with Crippen LogP contribution in [0.5, 0.6) is 11.5 Å². The standard InChI is InChI=1S/C32H36O4/c1-2-4-6-26(7-5-3-1)31-18-27(14-17-32(31)36-22-30-21-35-30)25-10-8-23(9-11-25)24-12-15-28(16-13-24)33-19-29-20-34-29/h8-18,26,29-30H,1-7,19-22H2. The molecular weight excluding hydrogens is 448 g/mol. The van der Waals surface area contributed by atoms with Gasteiger partial charge in [0.15, 0.2) is 0 Å². The average Bonchev–Trinajstić information content (AvgIpc) is 3.82. The molecule has 0 spiro atoms. The lowest BCUT2D eigenvalue weighted by atomic mass is 9.84. The summed E-state index contributed by atoms with van der Waals surface area (Å²) < 4.78 is 22.6. The number of hydrogen-bond donors (Lipinski definition) is 0. The zero-order valence-corrected chi connectivity index (χ0v) is 21.0. The highest BCUT2D eigenvalue weighted by atomic mass is 16.6. The van der Waals surface area contributed by atoms with Crippen molar-refractivity contribution >= 4 is 0 Å². The highest BCUT2D eigenvalue weighted by molar-refractivity contribution is 5.71. The fourth-order valence-corrected chi connectivity index (χ4v) is 5.24. The summed E-state index contributed by atoms with van der Waals surface area (Å²) in [6, 6.07) is 24.0. The lowest BCUT2D eigenvalue weighted by Crippen LogP contribution is -2.09. The summed E-state index contributed by atoms with van der Waals surface area (Å²) in [4.78, 5) is 0. The van der Waals surface area contributed by atoms with E-state index in [9.17, 15) is 0 Å².